The number of nitrogens with zero attached hydrogens (tertiary/aromatic N) is 1. The zero-order valence-corrected chi connectivity index (χ0v) is 11.5. The summed E-state index contributed by atoms with van der Waals surface area (Å²) < 4.78 is 5.66. The lowest BCUT2D eigenvalue weighted by atomic mass is 9.97. The van der Waals surface area contributed by atoms with Crippen molar-refractivity contribution in [1.29, 1.82) is 0 Å². The molecule has 1 fully saturated rings. The van der Waals surface area contributed by atoms with Crippen LogP contribution in [0, 0.1) is 0 Å². The highest BCUT2D eigenvalue weighted by Gasteiger charge is 2.27. The number of rotatable bonds is 7. The summed E-state index contributed by atoms with van der Waals surface area (Å²) in [5.41, 5.74) is 4.81. The molecule has 3 atom stereocenters. The Bertz CT molecular complexity index is 215. The van der Waals surface area contributed by atoms with Crippen LogP contribution in [0.4, 0.5) is 0 Å². The molecule has 0 amide bonds. The lowest BCUT2D eigenvalue weighted by molar-refractivity contribution is 0.0127. The van der Waals surface area contributed by atoms with Crippen molar-refractivity contribution in [1.82, 2.24) is 4.90 Å². The maximum Gasteiger partial charge on any atom is 0.0756 e. The number of hydrogen-bond donors (Lipinski definition) is 2. The average molecular weight is 244 g/mol. The molecule has 0 aliphatic carbocycles. The molecular weight excluding hydrogens is 216 g/mol. The van der Waals surface area contributed by atoms with E-state index >= 15 is 0 Å². The summed E-state index contributed by atoms with van der Waals surface area (Å²) in [7, 11) is 0. The minimum atomic E-state index is -0.761. The van der Waals surface area contributed by atoms with Gasteiger partial charge in [0, 0.05) is 25.7 Å². The van der Waals surface area contributed by atoms with Gasteiger partial charge in [-0.3, -0.25) is 4.90 Å². The standard InChI is InChI=1S/C13H28N2O2/c1-4-15(9-12-6-5-7-17-12)11(2)8-13(3,16)10-14/h11-12,16H,4-10,14H2,1-3H3. The quantitative estimate of drug-likeness (QED) is 0.701. The van der Waals surface area contributed by atoms with Crippen LogP contribution in [-0.4, -0.2) is 54.0 Å². The first-order valence-electron chi connectivity index (χ1n) is 6.76. The molecule has 0 aromatic rings. The second-order valence-corrected chi connectivity index (χ2v) is 5.48. The Hall–Kier alpha value is -0.160. The molecule has 3 unspecified atom stereocenters. The summed E-state index contributed by atoms with van der Waals surface area (Å²) >= 11 is 0. The first-order valence-corrected chi connectivity index (χ1v) is 6.76. The van der Waals surface area contributed by atoms with E-state index in [-0.39, 0.29) is 0 Å². The van der Waals surface area contributed by atoms with Crippen LogP contribution in [0.1, 0.15) is 40.0 Å². The van der Waals surface area contributed by atoms with Crippen molar-refractivity contribution in [2.75, 3.05) is 26.2 Å². The highest BCUT2D eigenvalue weighted by molar-refractivity contribution is 4.82. The Morgan fingerprint density at radius 3 is 2.76 bits per heavy atom. The van der Waals surface area contributed by atoms with Crippen LogP contribution in [0.3, 0.4) is 0 Å². The van der Waals surface area contributed by atoms with Crippen LogP contribution in [0.25, 0.3) is 0 Å². The fraction of sp³-hybridized carbons (Fsp3) is 1.00. The molecule has 0 aromatic heterocycles. The van der Waals surface area contributed by atoms with E-state index < -0.39 is 5.60 Å². The zero-order chi connectivity index (χ0) is 12.9. The monoisotopic (exact) mass is 244 g/mol. The van der Waals surface area contributed by atoms with Gasteiger partial charge >= 0.3 is 0 Å². The number of likely N-dealkylation sites (N-methyl/N-ethyl adjacent to an activating group) is 1. The molecule has 1 aliphatic rings. The largest absolute Gasteiger partial charge is 0.389 e. The fourth-order valence-corrected chi connectivity index (χ4v) is 2.52. The molecule has 0 aromatic carbocycles. The van der Waals surface area contributed by atoms with E-state index in [0.717, 1.165) is 26.1 Å². The molecular formula is C13H28N2O2. The maximum absolute atomic E-state index is 10.0. The molecule has 4 heteroatoms. The van der Waals surface area contributed by atoms with Crippen molar-refractivity contribution >= 4 is 0 Å². The number of hydrogen-bond acceptors (Lipinski definition) is 4. The van der Waals surface area contributed by atoms with Gasteiger partial charge in [0.15, 0.2) is 0 Å². The molecule has 4 nitrogen and oxygen atoms in total. The van der Waals surface area contributed by atoms with Crippen molar-refractivity contribution in [3.8, 4) is 0 Å². The van der Waals surface area contributed by atoms with Gasteiger partial charge < -0.3 is 15.6 Å². The first-order chi connectivity index (χ1) is 7.98. The predicted octanol–water partition coefficient (Wildman–Crippen LogP) is 0.976. The van der Waals surface area contributed by atoms with Gasteiger partial charge in [-0.25, -0.2) is 0 Å². The predicted molar refractivity (Wildman–Crippen MR) is 70.0 cm³/mol. The Morgan fingerprint density at radius 1 is 1.59 bits per heavy atom. The average Bonchev–Trinajstić information content (AvgIpc) is 2.77. The molecule has 0 bridgehead atoms. The zero-order valence-electron chi connectivity index (χ0n) is 11.5. The molecule has 0 spiro atoms. The van der Waals surface area contributed by atoms with E-state index in [1.54, 1.807) is 0 Å². The Morgan fingerprint density at radius 2 is 2.29 bits per heavy atom. The molecule has 0 radical (unpaired) electrons. The summed E-state index contributed by atoms with van der Waals surface area (Å²) in [6, 6.07) is 0.336. The van der Waals surface area contributed by atoms with Crippen LogP contribution >= 0.6 is 0 Å². The van der Waals surface area contributed by atoms with Gasteiger partial charge in [0.25, 0.3) is 0 Å². The molecule has 17 heavy (non-hydrogen) atoms. The van der Waals surface area contributed by atoms with E-state index in [9.17, 15) is 5.11 Å². The molecule has 1 heterocycles. The van der Waals surface area contributed by atoms with Crippen LogP contribution < -0.4 is 5.73 Å². The third-order valence-corrected chi connectivity index (χ3v) is 3.67. The third-order valence-electron chi connectivity index (χ3n) is 3.67. The lowest BCUT2D eigenvalue weighted by Gasteiger charge is -2.34. The SMILES string of the molecule is CCN(CC1CCCO1)C(C)CC(C)(O)CN. The summed E-state index contributed by atoms with van der Waals surface area (Å²) in [6.45, 7) is 9.29. The minimum absolute atomic E-state index is 0.314. The van der Waals surface area contributed by atoms with E-state index in [2.05, 4.69) is 18.7 Å². The van der Waals surface area contributed by atoms with Gasteiger partial charge in [-0.05, 0) is 39.7 Å². The maximum atomic E-state index is 10.0. The second-order valence-electron chi connectivity index (χ2n) is 5.48. The van der Waals surface area contributed by atoms with Crippen LogP contribution in [-0.2, 0) is 4.74 Å². The van der Waals surface area contributed by atoms with Gasteiger partial charge in [0.2, 0.25) is 0 Å². The van der Waals surface area contributed by atoms with Gasteiger partial charge in [0.1, 0.15) is 0 Å². The van der Waals surface area contributed by atoms with E-state index in [1.165, 1.54) is 6.42 Å². The second kappa shape index (κ2) is 6.69. The molecule has 1 saturated heterocycles. The van der Waals surface area contributed by atoms with Crippen molar-refractivity contribution in [3.05, 3.63) is 0 Å². The fourth-order valence-electron chi connectivity index (χ4n) is 2.52. The van der Waals surface area contributed by atoms with Crippen molar-refractivity contribution in [2.24, 2.45) is 5.73 Å². The molecule has 1 aliphatic heterocycles. The van der Waals surface area contributed by atoms with Crippen molar-refractivity contribution in [3.63, 3.8) is 0 Å². The lowest BCUT2D eigenvalue weighted by Crippen LogP contribution is -2.45. The minimum Gasteiger partial charge on any atom is -0.389 e. The van der Waals surface area contributed by atoms with Gasteiger partial charge in [-0.15, -0.1) is 0 Å². The Kier molecular flexibility index (Phi) is 5.86. The molecule has 1 rings (SSSR count). The summed E-state index contributed by atoms with van der Waals surface area (Å²) in [5, 5.41) is 10.0. The molecule has 102 valence electrons. The van der Waals surface area contributed by atoms with Crippen molar-refractivity contribution in [2.45, 2.75) is 57.8 Å². The molecule has 0 saturated carbocycles. The van der Waals surface area contributed by atoms with E-state index in [0.29, 0.717) is 25.1 Å². The first kappa shape index (κ1) is 14.9. The van der Waals surface area contributed by atoms with Gasteiger partial charge in [-0.2, -0.15) is 0 Å². The van der Waals surface area contributed by atoms with E-state index in [1.807, 2.05) is 6.92 Å². The number of nitrogens with two attached hydrogens (primary N) is 1. The summed E-state index contributed by atoms with van der Waals surface area (Å²) in [5.74, 6) is 0. The van der Waals surface area contributed by atoms with E-state index in [4.69, 9.17) is 10.5 Å². The van der Waals surface area contributed by atoms with Crippen LogP contribution in [0.5, 0.6) is 0 Å². The highest BCUT2D eigenvalue weighted by Crippen LogP contribution is 2.18. The Balaban J connectivity index is 2.42. The highest BCUT2D eigenvalue weighted by atomic mass is 16.5. The van der Waals surface area contributed by atoms with Gasteiger partial charge in [-0.1, -0.05) is 6.92 Å². The third kappa shape index (κ3) is 4.92. The summed E-state index contributed by atoms with van der Waals surface area (Å²) in [6.07, 6.45) is 3.43. The topological polar surface area (TPSA) is 58.7 Å². The van der Waals surface area contributed by atoms with Crippen molar-refractivity contribution < 1.29 is 9.84 Å². The Labute approximate surface area is 105 Å². The smallest absolute Gasteiger partial charge is 0.0756 e. The number of ether oxygens (including phenoxy) is 1. The number of aliphatic hydroxyl groups is 1. The molecule has 3 N–H and O–H groups in total. The van der Waals surface area contributed by atoms with Crippen LogP contribution in [0.15, 0.2) is 0 Å². The normalized spacial score (nSPS) is 26.1. The summed E-state index contributed by atoms with van der Waals surface area (Å²) in [4.78, 5) is 2.38. The van der Waals surface area contributed by atoms with Crippen LogP contribution in [0.2, 0.25) is 0 Å². The van der Waals surface area contributed by atoms with Gasteiger partial charge in [0.05, 0.1) is 11.7 Å².